The van der Waals surface area contributed by atoms with E-state index in [1.807, 2.05) is 0 Å². The van der Waals surface area contributed by atoms with Crippen molar-refractivity contribution in [1.29, 1.82) is 0 Å². The van der Waals surface area contributed by atoms with Crippen molar-refractivity contribution in [2.24, 2.45) is 0 Å². The molecule has 0 aliphatic heterocycles. The van der Waals surface area contributed by atoms with Gasteiger partial charge in [-0.25, -0.2) is 0 Å². The Balaban J connectivity index is 1.06. The minimum absolute atomic E-state index is 1.07. The Morgan fingerprint density at radius 3 is 0.803 bits per heavy atom. The molecule has 0 saturated heterocycles. The molecule has 14 rings (SSSR count). The smallest absolute Gasteiger partial charge is 0.0175 e. The summed E-state index contributed by atoms with van der Waals surface area (Å²) in [6, 6.07) is 81.4. The molecule has 66 heavy (non-hydrogen) atoms. The molecule has 0 spiro atoms. The van der Waals surface area contributed by atoms with Gasteiger partial charge in [0.15, 0.2) is 0 Å². The van der Waals surface area contributed by atoms with Gasteiger partial charge in [0.1, 0.15) is 0 Å². The van der Waals surface area contributed by atoms with Crippen LogP contribution in [0.1, 0.15) is 0 Å². The van der Waals surface area contributed by atoms with E-state index in [0.717, 1.165) is 8.95 Å². The summed E-state index contributed by atoms with van der Waals surface area (Å²) in [5, 5.41) is 10.2. The lowest BCUT2D eigenvalue weighted by Crippen LogP contribution is -1.93. The second kappa shape index (κ2) is 14.6. The highest BCUT2D eigenvalue weighted by Gasteiger charge is 2.34. The fourth-order valence-corrected chi connectivity index (χ4v) is 12.2. The van der Waals surface area contributed by atoms with Gasteiger partial charge < -0.3 is 0 Å². The zero-order valence-electron chi connectivity index (χ0n) is 35.5. The Morgan fingerprint density at radius 1 is 0.182 bits per heavy atom. The van der Waals surface area contributed by atoms with Gasteiger partial charge in [-0.05, 0) is 167 Å². The molecular weight excluding hydrogens is 929 g/mol. The van der Waals surface area contributed by atoms with Crippen LogP contribution in [0.15, 0.2) is 227 Å². The number of hydrogen-bond acceptors (Lipinski definition) is 0. The first kappa shape index (κ1) is 38.0. The molecule has 0 radical (unpaired) electrons. The summed E-state index contributed by atoms with van der Waals surface area (Å²) in [6.07, 6.45) is 0. The SMILES string of the molecule is Brc1ccc(-c2c3c(c(-c4ccccc4)c4ccccc24)-c2cccc4c(-c5ccc6c7c(cccc57)-c5c-6c(-c6ccc(Br)cc6)c6ccccc6c5-c5ccccc5)ccc-3c24)cc1. The number of rotatable bonds is 5. The van der Waals surface area contributed by atoms with E-state index >= 15 is 0 Å². The summed E-state index contributed by atoms with van der Waals surface area (Å²) in [5.74, 6) is 0. The molecule has 0 bridgehead atoms. The van der Waals surface area contributed by atoms with Gasteiger partial charge in [0.05, 0.1) is 0 Å². The summed E-state index contributed by atoms with van der Waals surface area (Å²) >= 11 is 7.45. The molecule has 0 fully saturated rings. The molecule has 0 nitrogen and oxygen atoms in total. The maximum Gasteiger partial charge on any atom is 0.0175 e. The maximum atomic E-state index is 3.73. The van der Waals surface area contributed by atoms with E-state index in [4.69, 9.17) is 0 Å². The van der Waals surface area contributed by atoms with Gasteiger partial charge in [0.25, 0.3) is 0 Å². The number of fused-ring (bicyclic) bond motifs is 8. The Bertz CT molecular complexity index is 3750. The van der Waals surface area contributed by atoms with Gasteiger partial charge >= 0.3 is 0 Å². The molecule has 0 aromatic heterocycles. The van der Waals surface area contributed by atoms with Crippen LogP contribution in [-0.2, 0) is 0 Å². The quantitative estimate of drug-likeness (QED) is 0.161. The van der Waals surface area contributed by atoms with Crippen LogP contribution in [0.5, 0.6) is 0 Å². The first-order valence-corrected chi connectivity index (χ1v) is 24.1. The second-order valence-corrected chi connectivity index (χ2v) is 19.4. The lowest BCUT2D eigenvalue weighted by molar-refractivity contribution is 1.60. The molecule has 306 valence electrons. The van der Waals surface area contributed by atoms with Crippen LogP contribution >= 0.6 is 31.9 Å². The highest BCUT2D eigenvalue weighted by Crippen LogP contribution is 2.61. The van der Waals surface area contributed by atoms with Crippen molar-refractivity contribution < 1.29 is 0 Å². The minimum atomic E-state index is 1.07. The third kappa shape index (κ3) is 5.37. The third-order valence-electron chi connectivity index (χ3n) is 14.3. The van der Waals surface area contributed by atoms with E-state index in [0.29, 0.717) is 0 Å². The van der Waals surface area contributed by atoms with Crippen molar-refractivity contribution in [2.45, 2.75) is 0 Å². The Kier molecular flexibility index (Phi) is 8.38. The Labute approximate surface area is 399 Å². The molecule has 0 amide bonds. The van der Waals surface area contributed by atoms with Gasteiger partial charge in [-0.2, -0.15) is 0 Å². The van der Waals surface area contributed by atoms with E-state index in [1.54, 1.807) is 0 Å². The molecular formula is C64H36Br2. The van der Waals surface area contributed by atoms with E-state index in [-0.39, 0.29) is 0 Å². The molecule has 12 aromatic rings. The summed E-state index contributed by atoms with van der Waals surface area (Å²) in [7, 11) is 0. The normalized spacial score (nSPS) is 12.1. The number of benzene rings is 12. The minimum Gasteiger partial charge on any atom is -0.0622 e. The summed E-state index contributed by atoms with van der Waals surface area (Å²) < 4.78 is 2.15. The fourth-order valence-electron chi connectivity index (χ4n) is 11.7. The largest absolute Gasteiger partial charge is 0.0622 e. The van der Waals surface area contributed by atoms with Crippen molar-refractivity contribution in [3.05, 3.63) is 227 Å². The highest BCUT2D eigenvalue weighted by molar-refractivity contribution is 9.10. The van der Waals surface area contributed by atoms with Gasteiger partial charge in [-0.15, -0.1) is 0 Å². The fraction of sp³-hybridized carbons (Fsp3) is 0. The molecule has 0 saturated carbocycles. The lowest BCUT2D eigenvalue weighted by Gasteiger charge is -2.20. The van der Waals surface area contributed by atoms with E-state index in [1.165, 1.54) is 143 Å². The summed E-state index contributed by atoms with van der Waals surface area (Å²) in [6.45, 7) is 0. The predicted octanol–water partition coefficient (Wildman–Crippen LogP) is 19.5. The molecule has 2 heteroatoms. The summed E-state index contributed by atoms with van der Waals surface area (Å²) in [4.78, 5) is 0. The predicted molar refractivity (Wildman–Crippen MR) is 288 cm³/mol. The standard InChI is InChI=1S/C64H36Br2/c65-41-29-25-39(26-30-41)57-49-19-9-7-17-47(49)55(37-13-3-1-4-14-37)61-51-23-11-21-45-43(33-35-53(59(45)51)63(57)61)44-34-36-54-60-46(44)22-12-24-52(60)62-56(38-15-5-2-6-16-38)48-18-8-10-20-50(48)58(64(54)62)40-27-31-42(66)32-28-40/h1-36H. The van der Waals surface area contributed by atoms with Gasteiger partial charge in [0, 0.05) is 8.95 Å². The van der Waals surface area contributed by atoms with E-state index in [9.17, 15) is 0 Å². The molecule has 12 aromatic carbocycles. The van der Waals surface area contributed by atoms with Crippen LogP contribution in [0, 0.1) is 0 Å². The molecule has 0 unspecified atom stereocenters. The molecule has 2 aliphatic rings. The Hall–Kier alpha value is -7.36. The first-order chi connectivity index (χ1) is 32.6. The van der Waals surface area contributed by atoms with E-state index in [2.05, 4.69) is 250 Å². The molecule has 0 N–H and O–H groups in total. The number of halogens is 2. The van der Waals surface area contributed by atoms with Crippen LogP contribution in [0.25, 0.3) is 143 Å². The van der Waals surface area contributed by atoms with Crippen molar-refractivity contribution in [1.82, 2.24) is 0 Å². The van der Waals surface area contributed by atoms with E-state index < -0.39 is 0 Å². The maximum absolute atomic E-state index is 3.73. The molecule has 0 atom stereocenters. The Morgan fingerprint density at radius 2 is 0.455 bits per heavy atom. The lowest BCUT2D eigenvalue weighted by atomic mass is 9.82. The van der Waals surface area contributed by atoms with Gasteiger partial charge in [-0.3, -0.25) is 0 Å². The highest BCUT2D eigenvalue weighted by atomic mass is 79.9. The van der Waals surface area contributed by atoms with Crippen molar-refractivity contribution >= 4 is 74.9 Å². The van der Waals surface area contributed by atoms with Crippen LogP contribution in [0.4, 0.5) is 0 Å². The number of hydrogen-bond donors (Lipinski definition) is 0. The van der Waals surface area contributed by atoms with Gasteiger partial charge in [0.2, 0.25) is 0 Å². The zero-order chi connectivity index (χ0) is 43.6. The first-order valence-electron chi connectivity index (χ1n) is 22.6. The average molecular weight is 965 g/mol. The molecule has 0 heterocycles. The van der Waals surface area contributed by atoms with Crippen LogP contribution in [0.3, 0.4) is 0 Å². The zero-order valence-corrected chi connectivity index (χ0v) is 38.7. The van der Waals surface area contributed by atoms with Crippen LogP contribution in [0.2, 0.25) is 0 Å². The summed E-state index contributed by atoms with van der Waals surface area (Å²) in [5.41, 5.74) is 22.9. The molecule has 2 aliphatic carbocycles. The van der Waals surface area contributed by atoms with Crippen LogP contribution in [-0.4, -0.2) is 0 Å². The monoisotopic (exact) mass is 962 g/mol. The third-order valence-corrected chi connectivity index (χ3v) is 15.3. The van der Waals surface area contributed by atoms with Crippen LogP contribution < -0.4 is 0 Å². The topological polar surface area (TPSA) is 0 Å². The van der Waals surface area contributed by atoms with Crippen molar-refractivity contribution in [2.75, 3.05) is 0 Å². The second-order valence-electron chi connectivity index (χ2n) is 17.6. The van der Waals surface area contributed by atoms with Gasteiger partial charge in [-0.1, -0.05) is 226 Å². The van der Waals surface area contributed by atoms with Crippen molar-refractivity contribution in [3.63, 3.8) is 0 Å². The van der Waals surface area contributed by atoms with Crippen molar-refractivity contribution in [3.8, 4) is 100 Å². The average Bonchev–Trinajstić information content (AvgIpc) is 3.88.